The zero-order valence-corrected chi connectivity index (χ0v) is 6.30. The molecule has 0 radical (unpaired) electrons. The summed E-state index contributed by atoms with van der Waals surface area (Å²) in [7, 11) is 0. The van der Waals surface area contributed by atoms with E-state index in [1.54, 1.807) is 6.92 Å². The zero-order chi connectivity index (χ0) is 7.72. The van der Waals surface area contributed by atoms with E-state index < -0.39 is 0 Å². The second-order valence-corrected chi connectivity index (χ2v) is 2.78. The van der Waals surface area contributed by atoms with Crippen LogP contribution in [0.2, 0.25) is 0 Å². The third-order valence-electron chi connectivity index (χ3n) is 1.15. The van der Waals surface area contributed by atoms with Crippen molar-refractivity contribution in [2.24, 2.45) is 0 Å². The average molecular weight is 160 g/mol. The van der Waals surface area contributed by atoms with Gasteiger partial charge in [-0.3, -0.25) is 0 Å². The molecule has 1 aromatic heterocycles. The van der Waals surface area contributed by atoms with Gasteiger partial charge < -0.3 is 14.6 Å². The van der Waals surface area contributed by atoms with Crippen molar-refractivity contribution in [3.8, 4) is 11.5 Å². The van der Waals surface area contributed by atoms with Crippen LogP contribution in [0.3, 0.4) is 0 Å². The predicted octanol–water partition coefficient (Wildman–Crippen LogP) is 1.68. The molecule has 1 rings (SSSR count). The highest BCUT2D eigenvalue weighted by Gasteiger charge is 2.14. The van der Waals surface area contributed by atoms with Gasteiger partial charge in [0.15, 0.2) is 11.5 Å². The summed E-state index contributed by atoms with van der Waals surface area (Å²) in [5.74, 6) is -0.167. The summed E-state index contributed by atoms with van der Waals surface area (Å²) >= 11 is 4.01. The molecule has 1 unspecified atom stereocenters. The van der Waals surface area contributed by atoms with Gasteiger partial charge in [-0.25, -0.2) is 0 Å². The van der Waals surface area contributed by atoms with Crippen molar-refractivity contribution in [2.45, 2.75) is 12.2 Å². The Morgan fingerprint density at radius 3 is 2.40 bits per heavy atom. The van der Waals surface area contributed by atoms with E-state index in [1.807, 2.05) is 0 Å². The normalized spacial score (nSPS) is 13.4. The molecular formula is C6H8O3S. The van der Waals surface area contributed by atoms with Crippen molar-refractivity contribution in [1.29, 1.82) is 0 Å². The second-order valence-electron chi connectivity index (χ2n) is 2.01. The first-order chi connectivity index (χ1) is 4.63. The van der Waals surface area contributed by atoms with Gasteiger partial charge in [0.05, 0.1) is 5.25 Å². The molecule has 0 aliphatic rings. The SMILES string of the molecule is CC(S)c1occ(O)c1O. The quantitative estimate of drug-likeness (QED) is 0.548. The van der Waals surface area contributed by atoms with Gasteiger partial charge in [0.1, 0.15) is 6.26 Å². The van der Waals surface area contributed by atoms with E-state index >= 15 is 0 Å². The number of furan rings is 1. The molecule has 4 heteroatoms. The van der Waals surface area contributed by atoms with Crippen LogP contribution in [0, 0.1) is 0 Å². The summed E-state index contributed by atoms with van der Waals surface area (Å²) in [6.07, 6.45) is 1.08. The zero-order valence-electron chi connectivity index (χ0n) is 5.40. The third-order valence-corrected chi connectivity index (χ3v) is 1.39. The molecule has 0 saturated heterocycles. The highest BCUT2D eigenvalue weighted by Crippen LogP contribution is 2.36. The fraction of sp³-hybridized carbons (Fsp3) is 0.333. The van der Waals surface area contributed by atoms with Crippen LogP contribution in [-0.4, -0.2) is 10.2 Å². The van der Waals surface area contributed by atoms with Crippen LogP contribution in [0.25, 0.3) is 0 Å². The standard InChI is InChI=1S/C6H8O3S/c1-3(10)6-5(8)4(7)2-9-6/h2-3,7-8,10H,1H3. The fourth-order valence-corrected chi connectivity index (χ4v) is 0.837. The molecule has 0 fully saturated rings. The molecule has 0 bridgehead atoms. The van der Waals surface area contributed by atoms with E-state index in [-0.39, 0.29) is 16.7 Å². The molecule has 0 aliphatic carbocycles. The van der Waals surface area contributed by atoms with E-state index in [0.717, 1.165) is 6.26 Å². The van der Waals surface area contributed by atoms with Crippen molar-refractivity contribution < 1.29 is 14.6 Å². The molecule has 3 nitrogen and oxygen atoms in total. The van der Waals surface area contributed by atoms with Gasteiger partial charge >= 0.3 is 0 Å². The van der Waals surface area contributed by atoms with E-state index in [0.29, 0.717) is 5.76 Å². The Balaban J connectivity index is 3.05. The molecule has 1 heterocycles. The molecule has 2 N–H and O–H groups in total. The minimum Gasteiger partial charge on any atom is -0.502 e. The van der Waals surface area contributed by atoms with Crippen LogP contribution in [0.15, 0.2) is 10.7 Å². The molecule has 0 amide bonds. The van der Waals surface area contributed by atoms with Crippen LogP contribution in [0.1, 0.15) is 17.9 Å². The number of hydrogen-bond acceptors (Lipinski definition) is 4. The first-order valence-corrected chi connectivity index (χ1v) is 3.32. The Morgan fingerprint density at radius 2 is 2.20 bits per heavy atom. The summed E-state index contributed by atoms with van der Waals surface area (Å²) in [5.41, 5.74) is 0. The lowest BCUT2D eigenvalue weighted by atomic mass is 10.3. The predicted molar refractivity (Wildman–Crippen MR) is 39.4 cm³/mol. The Morgan fingerprint density at radius 1 is 1.60 bits per heavy atom. The van der Waals surface area contributed by atoms with Gasteiger partial charge in [-0.05, 0) is 6.92 Å². The lowest BCUT2D eigenvalue weighted by Gasteiger charge is -1.97. The molecule has 0 aromatic carbocycles. The van der Waals surface area contributed by atoms with Gasteiger partial charge in [-0.1, -0.05) is 0 Å². The van der Waals surface area contributed by atoms with Crippen molar-refractivity contribution >= 4 is 12.6 Å². The van der Waals surface area contributed by atoms with Crippen molar-refractivity contribution in [3.05, 3.63) is 12.0 Å². The maximum absolute atomic E-state index is 9.02. The smallest absolute Gasteiger partial charge is 0.201 e. The van der Waals surface area contributed by atoms with Crippen LogP contribution in [-0.2, 0) is 0 Å². The molecule has 0 aliphatic heterocycles. The molecule has 0 spiro atoms. The topological polar surface area (TPSA) is 53.6 Å². The Hall–Kier alpha value is -0.770. The lowest BCUT2D eigenvalue weighted by Crippen LogP contribution is -1.78. The minimum atomic E-state index is -0.240. The average Bonchev–Trinajstić information content (AvgIpc) is 2.14. The van der Waals surface area contributed by atoms with Gasteiger partial charge in [0, 0.05) is 0 Å². The van der Waals surface area contributed by atoms with Crippen molar-refractivity contribution in [1.82, 2.24) is 0 Å². The lowest BCUT2D eigenvalue weighted by molar-refractivity contribution is 0.402. The molecule has 10 heavy (non-hydrogen) atoms. The Kier molecular flexibility index (Phi) is 1.80. The summed E-state index contributed by atoms with van der Waals surface area (Å²) in [6, 6.07) is 0. The maximum Gasteiger partial charge on any atom is 0.201 e. The molecule has 56 valence electrons. The number of aromatic hydroxyl groups is 2. The summed E-state index contributed by atoms with van der Waals surface area (Å²) < 4.78 is 4.78. The largest absolute Gasteiger partial charge is 0.502 e. The Labute approximate surface area is 63.7 Å². The summed E-state index contributed by atoms with van der Waals surface area (Å²) in [5, 5.41) is 17.6. The summed E-state index contributed by atoms with van der Waals surface area (Å²) in [6.45, 7) is 1.74. The van der Waals surface area contributed by atoms with Crippen LogP contribution in [0.5, 0.6) is 11.5 Å². The van der Waals surface area contributed by atoms with E-state index in [9.17, 15) is 0 Å². The molecule has 1 aromatic rings. The second kappa shape index (κ2) is 2.46. The maximum atomic E-state index is 9.02. The Bertz CT molecular complexity index is 229. The minimum absolute atomic E-state index is 0.208. The monoisotopic (exact) mass is 160 g/mol. The highest BCUT2D eigenvalue weighted by atomic mass is 32.1. The van der Waals surface area contributed by atoms with Crippen molar-refractivity contribution in [3.63, 3.8) is 0 Å². The molecule has 0 saturated carbocycles. The van der Waals surface area contributed by atoms with Crippen molar-refractivity contribution in [2.75, 3.05) is 0 Å². The molecule has 1 atom stereocenters. The highest BCUT2D eigenvalue weighted by molar-refractivity contribution is 7.80. The van der Waals surface area contributed by atoms with Crippen LogP contribution in [0.4, 0.5) is 0 Å². The van der Waals surface area contributed by atoms with Crippen LogP contribution >= 0.6 is 12.6 Å². The summed E-state index contributed by atoms with van der Waals surface area (Å²) in [4.78, 5) is 0. The van der Waals surface area contributed by atoms with Gasteiger partial charge in [0.2, 0.25) is 5.75 Å². The van der Waals surface area contributed by atoms with Crippen LogP contribution < -0.4 is 0 Å². The molecular weight excluding hydrogens is 152 g/mol. The fourth-order valence-electron chi connectivity index (χ4n) is 0.653. The van der Waals surface area contributed by atoms with Gasteiger partial charge in [-0.15, -0.1) is 0 Å². The first kappa shape index (κ1) is 7.34. The van der Waals surface area contributed by atoms with E-state index in [2.05, 4.69) is 12.6 Å². The number of rotatable bonds is 1. The van der Waals surface area contributed by atoms with E-state index in [4.69, 9.17) is 14.6 Å². The van der Waals surface area contributed by atoms with Gasteiger partial charge in [0.25, 0.3) is 0 Å². The first-order valence-electron chi connectivity index (χ1n) is 2.80. The third kappa shape index (κ3) is 1.07. The number of hydrogen-bond donors (Lipinski definition) is 3. The van der Waals surface area contributed by atoms with E-state index in [1.165, 1.54) is 0 Å². The number of thiol groups is 1. The van der Waals surface area contributed by atoms with Gasteiger partial charge in [-0.2, -0.15) is 12.6 Å².